The standard InChI is InChI=1S/C16H16ClN3O3/c17-14-10-12(6-7-15(21)20-22)11-19-16(14)18-8-9-23-13-4-2-1-3-5-13/h1-7,10-11,22H,8-9H2,(H,18,19)(H,20,21). The molecule has 1 amide bonds. The molecule has 0 saturated heterocycles. The molecule has 3 N–H and O–H groups in total. The third kappa shape index (κ3) is 5.61. The molecule has 0 aliphatic rings. The van der Waals surface area contributed by atoms with Gasteiger partial charge in [-0.25, -0.2) is 10.5 Å². The molecule has 6 nitrogen and oxygen atoms in total. The van der Waals surface area contributed by atoms with Crippen LogP contribution in [0.1, 0.15) is 5.56 Å². The molecular formula is C16H16ClN3O3. The molecule has 120 valence electrons. The molecule has 0 aliphatic heterocycles. The topological polar surface area (TPSA) is 83.5 Å². The van der Waals surface area contributed by atoms with E-state index in [1.54, 1.807) is 12.3 Å². The van der Waals surface area contributed by atoms with Crippen molar-refractivity contribution in [3.8, 4) is 5.75 Å². The maximum absolute atomic E-state index is 10.9. The zero-order valence-electron chi connectivity index (χ0n) is 12.2. The number of amides is 1. The minimum atomic E-state index is -0.624. The fourth-order valence-electron chi connectivity index (χ4n) is 1.74. The first-order valence-electron chi connectivity index (χ1n) is 6.88. The fraction of sp³-hybridized carbons (Fsp3) is 0.125. The molecule has 0 radical (unpaired) electrons. The third-order valence-electron chi connectivity index (χ3n) is 2.81. The second-order valence-corrected chi connectivity index (χ2v) is 4.90. The van der Waals surface area contributed by atoms with E-state index in [9.17, 15) is 4.79 Å². The minimum Gasteiger partial charge on any atom is -0.492 e. The van der Waals surface area contributed by atoms with Gasteiger partial charge in [0.2, 0.25) is 0 Å². The average molecular weight is 334 g/mol. The van der Waals surface area contributed by atoms with Crippen LogP contribution in [0.25, 0.3) is 6.08 Å². The quantitative estimate of drug-likeness (QED) is 0.314. The molecular weight excluding hydrogens is 318 g/mol. The lowest BCUT2D eigenvalue weighted by molar-refractivity contribution is -0.124. The number of hydrogen-bond acceptors (Lipinski definition) is 5. The summed E-state index contributed by atoms with van der Waals surface area (Å²) in [6.07, 6.45) is 4.23. The van der Waals surface area contributed by atoms with E-state index < -0.39 is 5.91 Å². The number of nitrogens with zero attached hydrogens (tertiary/aromatic N) is 1. The molecule has 2 aromatic rings. The maximum atomic E-state index is 10.9. The van der Waals surface area contributed by atoms with Crippen LogP contribution in [0.4, 0.5) is 5.82 Å². The van der Waals surface area contributed by atoms with Gasteiger partial charge in [0.15, 0.2) is 0 Å². The van der Waals surface area contributed by atoms with Crippen LogP contribution >= 0.6 is 11.6 Å². The summed E-state index contributed by atoms with van der Waals surface area (Å²) >= 11 is 6.12. The molecule has 0 bridgehead atoms. The van der Waals surface area contributed by atoms with Crippen LogP contribution < -0.4 is 15.5 Å². The second-order valence-electron chi connectivity index (χ2n) is 4.50. The highest BCUT2D eigenvalue weighted by Crippen LogP contribution is 2.20. The number of nitrogens with one attached hydrogen (secondary N) is 2. The van der Waals surface area contributed by atoms with Crippen LogP contribution in [0.2, 0.25) is 5.02 Å². The number of anilines is 1. The highest BCUT2D eigenvalue weighted by molar-refractivity contribution is 6.33. The fourth-order valence-corrected chi connectivity index (χ4v) is 1.98. The average Bonchev–Trinajstić information content (AvgIpc) is 2.58. The van der Waals surface area contributed by atoms with Crippen molar-refractivity contribution < 1.29 is 14.7 Å². The van der Waals surface area contributed by atoms with Crippen LogP contribution in [0.5, 0.6) is 5.75 Å². The number of carbonyl (C=O) groups excluding carboxylic acids is 1. The molecule has 0 aliphatic carbocycles. The number of carbonyl (C=O) groups is 1. The number of hydrogen-bond donors (Lipinski definition) is 3. The molecule has 0 fully saturated rings. The Labute approximate surface area is 138 Å². The molecule has 1 aromatic carbocycles. The van der Waals surface area contributed by atoms with E-state index in [2.05, 4.69) is 10.3 Å². The lowest BCUT2D eigenvalue weighted by atomic mass is 10.2. The van der Waals surface area contributed by atoms with Gasteiger partial charge in [-0.1, -0.05) is 29.8 Å². The number of pyridine rings is 1. The lowest BCUT2D eigenvalue weighted by Crippen LogP contribution is -2.14. The first-order valence-corrected chi connectivity index (χ1v) is 7.26. The zero-order valence-corrected chi connectivity index (χ0v) is 13.0. The van der Waals surface area contributed by atoms with E-state index >= 15 is 0 Å². The maximum Gasteiger partial charge on any atom is 0.267 e. The molecule has 2 rings (SSSR count). The van der Waals surface area contributed by atoms with Crippen molar-refractivity contribution in [1.82, 2.24) is 10.5 Å². The Kier molecular flexibility index (Phi) is 6.40. The summed E-state index contributed by atoms with van der Waals surface area (Å²) in [5.41, 5.74) is 2.15. The SMILES string of the molecule is O=C(C=Cc1cnc(NCCOc2ccccc2)c(Cl)c1)NO. The third-order valence-corrected chi connectivity index (χ3v) is 3.09. The predicted octanol–water partition coefficient (Wildman–Crippen LogP) is 2.74. The first-order chi connectivity index (χ1) is 11.2. The largest absolute Gasteiger partial charge is 0.492 e. The monoisotopic (exact) mass is 333 g/mol. The number of halogens is 1. The Morgan fingerprint density at radius 2 is 2.13 bits per heavy atom. The van der Waals surface area contributed by atoms with Gasteiger partial charge in [0.1, 0.15) is 18.2 Å². The van der Waals surface area contributed by atoms with E-state index in [0.29, 0.717) is 29.6 Å². The smallest absolute Gasteiger partial charge is 0.267 e. The summed E-state index contributed by atoms with van der Waals surface area (Å²) < 4.78 is 5.56. The van der Waals surface area contributed by atoms with Gasteiger partial charge in [-0.05, 0) is 29.8 Å². The molecule has 0 unspecified atom stereocenters. The summed E-state index contributed by atoms with van der Waals surface area (Å²) in [6.45, 7) is 1.02. The molecule has 23 heavy (non-hydrogen) atoms. The first kappa shape index (κ1) is 16.8. The molecule has 0 atom stereocenters. The van der Waals surface area contributed by atoms with Crippen LogP contribution in [0.3, 0.4) is 0 Å². The van der Waals surface area contributed by atoms with Crippen molar-refractivity contribution in [1.29, 1.82) is 0 Å². The number of hydroxylamine groups is 1. The summed E-state index contributed by atoms with van der Waals surface area (Å²) in [6, 6.07) is 11.2. The van der Waals surface area contributed by atoms with Gasteiger partial charge in [-0.15, -0.1) is 0 Å². The van der Waals surface area contributed by atoms with Gasteiger partial charge < -0.3 is 10.1 Å². The molecule has 1 aromatic heterocycles. The van der Waals surface area contributed by atoms with Crippen LogP contribution in [-0.2, 0) is 4.79 Å². The Morgan fingerprint density at radius 3 is 2.83 bits per heavy atom. The van der Waals surface area contributed by atoms with Crippen LogP contribution in [-0.4, -0.2) is 29.3 Å². The van der Waals surface area contributed by atoms with Crippen LogP contribution in [0.15, 0.2) is 48.7 Å². The number of rotatable bonds is 7. The number of ether oxygens (including phenoxy) is 1. The second kappa shape index (κ2) is 8.77. The highest BCUT2D eigenvalue weighted by atomic mass is 35.5. The Hall–Kier alpha value is -2.57. The van der Waals surface area contributed by atoms with Crippen molar-refractivity contribution in [2.24, 2.45) is 0 Å². The Morgan fingerprint density at radius 1 is 1.35 bits per heavy atom. The minimum absolute atomic E-state index is 0.427. The van der Waals surface area contributed by atoms with Crippen molar-refractivity contribution >= 4 is 29.4 Å². The molecule has 0 saturated carbocycles. The van der Waals surface area contributed by atoms with Crippen molar-refractivity contribution in [2.75, 3.05) is 18.5 Å². The van der Waals surface area contributed by atoms with Crippen molar-refractivity contribution in [3.63, 3.8) is 0 Å². The molecule has 7 heteroatoms. The van der Waals surface area contributed by atoms with Crippen molar-refractivity contribution in [2.45, 2.75) is 0 Å². The summed E-state index contributed by atoms with van der Waals surface area (Å²) in [7, 11) is 0. The van der Waals surface area contributed by atoms with Gasteiger partial charge in [-0.3, -0.25) is 10.0 Å². The van der Waals surface area contributed by atoms with E-state index in [1.165, 1.54) is 17.6 Å². The number of para-hydroxylation sites is 1. The summed E-state index contributed by atoms with van der Waals surface area (Å²) in [5.74, 6) is 0.712. The normalized spacial score (nSPS) is 10.5. The van der Waals surface area contributed by atoms with E-state index in [0.717, 1.165) is 5.75 Å². The van der Waals surface area contributed by atoms with E-state index in [1.807, 2.05) is 30.3 Å². The summed E-state index contributed by atoms with van der Waals surface area (Å²) in [4.78, 5) is 15.1. The van der Waals surface area contributed by atoms with Gasteiger partial charge in [0.25, 0.3) is 5.91 Å². The van der Waals surface area contributed by atoms with E-state index in [4.69, 9.17) is 21.5 Å². The summed E-state index contributed by atoms with van der Waals surface area (Å²) in [5, 5.41) is 11.9. The van der Waals surface area contributed by atoms with Gasteiger partial charge in [0.05, 0.1) is 11.6 Å². The van der Waals surface area contributed by atoms with E-state index in [-0.39, 0.29) is 0 Å². The van der Waals surface area contributed by atoms with Gasteiger partial charge in [-0.2, -0.15) is 0 Å². The highest BCUT2D eigenvalue weighted by Gasteiger charge is 2.02. The Balaban J connectivity index is 1.84. The molecule has 1 heterocycles. The van der Waals surface area contributed by atoms with Crippen LogP contribution in [0, 0.1) is 0 Å². The number of benzene rings is 1. The number of aromatic nitrogens is 1. The molecule has 0 spiro atoms. The lowest BCUT2D eigenvalue weighted by Gasteiger charge is -2.09. The van der Waals surface area contributed by atoms with Crippen molar-refractivity contribution in [3.05, 3.63) is 59.3 Å². The van der Waals surface area contributed by atoms with Gasteiger partial charge in [0, 0.05) is 12.3 Å². The Bertz CT molecular complexity index is 678. The van der Waals surface area contributed by atoms with Gasteiger partial charge >= 0.3 is 0 Å². The zero-order chi connectivity index (χ0) is 16.5. The predicted molar refractivity (Wildman–Crippen MR) is 88.6 cm³/mol.